The van der Waals surface area contributed by atoms with Gasteiger partial charge in [-0.25, -0.2) is 0 Å². The van der Waals surface area contributed by atoms with E-state index in [0.717, 1.165) is 42.2 Å². The second kappa shape index (κ2) is 11.2. The van der Waals surface area contributed by atoms with Crippen LogP contribution in [0.15, 0.2) is 91.0 Å². The Morgan fingerprint density at radius 2 is 1.00 bits per heavy atom. The van der Waals surface area contributed by atoms with E-state index in [-0.39, 0.29) is 6.61 Å². The molecule has 4 nitrogen and oxygen atoms in total. The summed E-state index contributed by atoms with van der Waals surface area (Å²) in [7, 11) is -3.36. The van der Waals surface area contributed by atoms with Gasteiger partial charge in [0.2, 0.25) is 0 Å². The van der Waals surface area contributed by atoms with Crippen LogP contribution in [-0.4, -0.2) is 27.9 Å². The molecule has 0 amide bonds. The van der Waals surface area contributed by atoms with Gasteiger partial charge in [0.25, 0.3) is 10.1 Å². The van der Waals surface area contributed by atoms with E-state index in [1.807, 2.05) is 54.6 Å². The van der Waals surface area contributed by atoms with Gasteiger partial charge in [0.15, 0.2) is 0 Å². The van der Waals surface area contributed by atoms with Crippen molar-refractivity contribution in [3.63, 3.8) is 0 Å². The molecule has 164 valence electrons. The number of unbranched alkanes of at least 4 members (excludes halogenated alkanes) is 3. The van der Waals surface area contributed by atoms with Crippen molar-refractivity contribution in [3.8, 4) is 0 Å². The van der Waals surface area contributed by atoms with Crippen molar-refractivity contribution in [1.29, 1.82) is 0 Å². The minimum atomic E-state index is -3.36. The van der Waals surface area contributed by atoms with Gasteiger partial charge in [-0.1, -0.05) is 104 Å². The Bertz CT molecular complexity index is 906. The Balaban J connectivity index is 1.76. The van der Waals surface area contributed by atoms with E-state index in [2.05, 4.69) is 36.4 Å². The van der Waals surface area contributed by atoms with Crippen LogP contribution in [0.5, 0.6) is 0 Å². The maximum Gasteiger partial charge on any atom is 0.264 e. The van der Waals surface area contributed by atoms with Crippen LogP contribution in [0.2, 0.25) is 0 Å². The largest absolute Gasteiger partial charge is 0.361 e. The molecule has 0 N–H and O–H groups in total. The van der Waals surface area contributed by atoms with Crippen LogP contribution in [-0.2, 0) is 24.6 Å². The zero-order chi connectivity index (χ0) is 22.0. The first-order valence-corrected chi connectivity index (χ1v) is 12.5. The number of hydrogen-bond donors (Lipinski definition) is 0. The predicted molar refractivity (Wildman–Crippen MR) is 124 cm³/mol. The molecule has 0 aliphatic carbocycles. The molecular weight excluding hydrogens is 408 g/mol. The molecule has 0 fully saturated rings. The zero-order valence-electron chi connectivity index (χ0n) is 17.9. The lowest BCUT2D eigenvalue weighted by Gasteiger charge is -2.36. The summed E-state index contributed by atoms with van der Waals surface area (Å²) in [5.41, 5.74) is 2.58. The first kappa shape index (κ1) is 23.2. The maximum absolute atomic E-state index is 11.0. The third-order valence-corrected chi connectivity index (χ3v) is 5.79. The fraction of sp³-hybridized carbons (Fsp3) is 0.308. The molecule has 3 rings (SSSR count). The number of hydrogen-bond acceptors (Lipinski definition) is 4. The lowest BCUT2D eigenvalue weighted by molar-refractivity contribution is 0.0105. The summed E-state index contributed by atoms with van der Waals surface area (Å²) in [6, 6.07) is 31.0. The van der Waals surface area contributed by atoms with Crippen LogP contribution in [0, 0.1) is 0 Å². The highest BCUT2D eigenvalue weighted by molar-refractivity contribution is 7.85. The van der Waals surface area contributed by atoms with E-state index in [0.29, 0.717) is 13.0 Å². The summed E-state index contributed by atoms with van der Waals surface area (Å²) in [4.78, 5) is 0. The Kier molecular flexibility index (Phi) is 8.41. The fourth-order valence-electron chi connectivity index (χ4n) is 3.76. The van der Waals surface area contributed by atoms with E-state index in [1.165, 1.54) is 0 Å². The summed E-state index contributed by atoms with van der Waals surface area (Å²) in [6.45, 7) is 0.827. The number of ether oxygens (including phenoxy) is 1. The molecule has 0 atom stereocenters. The van der Waals surface area contributed by atoms with Gasteiger partial charge in [0.05, 0.1) is 12.9 Å². The van der Waals surface area contributed by atoms with Crippen molar-refractivity contribution in [1.82, 2.24) is 0 Å². The van der Waals surface area contributed by atoms with Gasteiger partial charge in [-0.05, 0) is 29.5 Å². The van der Waals surface area contributed by atoms with Crippen molar-refractivity contribution < 1.29 is 17.3 Å². The lowest BCUT2D eigenvalue weighted by atomic mass is 9.80. The predicted octanol–water partition coefficient (Wildman–Crippen LogP) is 5.53. The summed E-state index contributed by atoms with van der Waals surface area (Å²) in [5.74, 6) is 0. The number of benzene rings is 3. The minimum Gasteiger partial charge on any atom is -0.361 e. The van der Waals surface area contributed by atoms with Crippen molar-refractivity contribution >= 4 is 10.1 Å². The molecule has 0 aliphatic heterocycles. The second-order valence-electron chi connectivity index (χ2n) is 7.57. The van der Waals surface area contributed by atoms with Crippen molar-refractivity contribution in [2.24, 2.45) is 0 Å². The van der Waals surface area contributed by atoms with Gasteiger partial charge in [0, 0.05) is 6.61 Å². The smallest absolute Gasteiger partial charge is 0.264 e. The van der Waals surface area contributed by atoms with Gasteiger partial charge in [0.1, 0.15) is 5.60 Å². The van der Waals surface area contributed by atoms with E-state index in [9.17, 15) is 8.42 Å². The van der Waals surface area contributed by atoms with Crippen LogP contribution in [0.3, 0.4) is 0 Å². The van der Waals surface area contributed by atoms with Crippen molar-refractivity contribution in [2.75, 3.05) is 19.5 Å². The van der Waals surface area contributed by atoms with Gasteiger partial charge in [-0.15, -0.1) is 0 Å². The monoisotopic (exact) mass is 438 g/mol. The first-order chi connectivity index (χ1) is 15.0. The molecule has 31 heavy (non-hydrogen) atoms. The maximum atomic E-state index is 11.0. The number of rotatable bonds is 12. The first-order valence-electron chi connectivity index (χ1n) is 10.7. The quantitative estimate of drug-likeness (QED) is 0.212. The van der Waals surface area contributed by atoms with Crippen LogP contribution in [0.1, 0.15) is 42.4 Å². The molecular formula is C26H30O4S. The lowest BCUT2D eigenvalue weighted by Crippen LogP contribution is -2.33. The highest BCUT2D eigenvalue weighted by atomic mass is 32.2. The summed E-state index contributed by atoms with van der Waals surface area (Å²) >= 11 is 0. The molecule has 0 aliphatic rings. The summed E-state index contributed by atoms with van der Waals surface area (Å²) in [5, 5.41) is 0. The highest BCUT2D eigenvalue weighted by Gasteiger charge is 2.37. The summed E-state index contributed by atoms with van der Waals surface area (Å²) in [6.07, 6.45) is 4.52. The fourth-order valence-corrected chi connectivity index (χ4v) is 4.18. The highest BCUT2D eigenvalue weighted by Crippen LogP contribution is 2.40. The third-order valence-electron chi connectivity index (χ3n) is 5.20. The Labute approximate surface area is 186 Å². The van der Waals surface area contributed by atoms with Gasteiger partial charge in [-0.2, -0.15) is 8.42 Å². The second-order valence-corrected chi connectivity index (χ2v) is 9.21. The van der Waals surface area contributed by atoms with Crippen LogP contribution in [0.25, 0.3) is 0 Å². The topological polar surface area (TPSA) is 52.6 Å². The van der Waals surface area contributed by atoms with Gasteiger partial charge < -0.3 is 4.74 Å². The van der Waals surface area contributed by atoms with E-state index in [1.54, 1.807) is 0 Å². The summed E-state index contributed by atoms with van der Waals surface area (Å²) < 4.78 is 33.6. The average molecular weight is 439 g/mol. The molecule has 0 bridgehead atoms. The van der Waals surface area contributed by atoms with Crippen molar-refractivity contribution in [2.45, 2.75) is 31.3 Å². The molecule has 3 aromatic rings. The van der Waals surface area contributed by atoms with E-state index < -0.39 is 15.7 Å². The van der Waals surface area contributed by atoms with Crippen molar-refractivity contribution in [3.05, 3.63) is 108 Å². The van der Waals surface area contributed by atoms with E-state index in [4.69, 9.17) is 8.92 Å². The Morgan fingerprint density at radius 3 is 1.39 bits per heavy atom. The molecule has 0 heterocycles. The standard InChI is InChI=1S/C26H30O4S/c1-31(27,28)30-22-14-3-2-13-21-29-26(23-15-7-4-8-16-23,24-17-9-5-10-18-24)25-19-11-6-12-20-25/h4-12,15-20H,2-3,13-14,21-22H2,1H3. The van der Waals surface area contributed by atoms with Crippen LogP contribution < -0.4 is 0 Å². The molecule has 5 heteroatoms. The van der Waals surface area contributed by atoms with Gasteiger partial charge >= 0.3 is 0 Å². The van der Waals surface area contributed by atoms with Crippen LogP contribution >= 0.6 is 0 Å². The molecule has 0 radical (unpaired) electrons. The molecule has 0 saturated heterocycles. The molecule has 0 unspecified atom stereocenters. The van der Waals surface area contributed by atoms with Gasteiger partial charge in [-0.3, -0.25) is 4.18 Å². The molecule has 0 aromatic heterocycles. The third kappa shape index (κ3) is 6.50. The van der Waals surface area contributed by atoms with Crippen LogP contribution in [0.4, 0.5) is 0 Å². The Hall–Kier alpha value is -2.47. The average Bonchev–Trinajstić information content (AvgIpc) is 2.79. The Morgan fingerprint density at radius 1 is 0.613 bits per heavy atom. The SMILES string of the molecule is CS(=O)(=O)OCCCCCCOC(c1ccccc1)(c1ccccc1)c1ccccc1. The zero-order valence-corrected chi connectivity index (χ0v) is 18.8. The normalized spacial score (nSPS) is 12.0. The molecule has 0 spiro atoms. The van der Waals surface area contributed by atoms with E-state index >= 15 is 0 Å². The molecule has 0 saturated carbocycles. The molecule has 3 aromatic carbocycles. The minimum absolute atomic E-state index is 0.238.